The second-order valence-corrected chi connectivity index (χ2v) is 5.59. The highest BCUT2D eigenvalue weighted by Crippen LogP contribution is 2.23. The normalized spacial score (nSPS) is 17.4. The van der Waals surface area contributed by atoms with Crippen molar-refractivity contribution in [2.45, 2.75) is 25.9 Å². The van der Waals surface area contributed by atoms with E-state index < -0.39 is 0 Å². The zero-order valence-corrected chi connectivity index (χ0v) is 13.5. The van der Waals surface area contributed by atoms with Crippen molar-refractivity contribution in [2.24, 2.45) is 0 Å². The molecule has 1 saturated heterocycles. The van der Waals surface area contributed by atoms with Gasteiger partial charge in [-0.05, 0) is 25.0 Å². The largest absolute Gasteiger partial charge is 0.372 e. The summed E-state index contributed by atoms with van der Waals surface area (Å²) in [4.78, 5) is 16.0. The van der Waals surface area contributed by atoms with Gasteiger partial charge < -0.3 is 9.64 Å². The minimum absolute atomic E-state index is 0.242. The van der Waals surface area contributed by atoms with Crippen molar-refractivity contribution in [3.63, 3.8) is 0 Å². The maximum atomic E-state index is 5.76. The molecule has 1 aliphatic heterocycles. The van der Waals surface area contributed by atoms with Crippen LogP contribution in [0.1, 0.15) is 19.0 Å². The van der Waals surface area contributed by atoms with Crippen molar-refractivity contribution in [2.75, 3.05) is 24.6 Å². The Morgan fingerprint density at radius 3 is 3.04 bits per heavy atom. The van der Waals surface area contributed by atoms with Crippen LogP contribution in [0.25, 0.3) is 11.5 Å². The number of aromatic nitrogens is 3. The first kappa shape index (κ1) is 15.6. The molecule has 1 atom stereocenters. The molecule has 0 amide bonds. The average molecular weight is 310 g/mol. The van der Waals surface area contributed by atoms with Gasteiger partial charge in [-0.15, -0.1) is 6.58 Å². The molecule has 2 aromatic rings. The maximum Gasteiger partial charge on any atom is 0.180 e. The fourth-order valence-corrected chi connectivity index (χ4v) is 2.71. The van der Waals surface area contributed by atoms with Gasteiger partial charge in [-0.25, -0.2) is 9.97 Å². The van der Waals surface area contributed by atoms with Crippen molar-refractivity contribution < 1.29 is 4.74 Å². The second kappa shape index (κ2) is 7.33. The molecule has 1 fully saturated rings. The fraction of sp³-hybridized carbons (Fsp3) is 0.389. The molecule has 0 saturated carbocycles. The number of hydrogen-bond donors (Lipinski definition) is 0. The smallest absolute Gasteiger partial charge is 0.180 e. The van der Waals surface area contributed by atoms with Gasteiger partial charge in [0.1, 0.15) is 11.5 Å². The summed E-state index contributed by atoms with van der Waals surface area (Å²) >= 11 is 0. The number of anilines is 1. The summed E-state index contributed by atoms with van der Waals surface area (Å²) in [5.74, 6) is 1.65. The van der Waals surface area contributed by atoms with Crippen LogP contribution in [0.3, 0.4) is 0 Å². The summed E-state index contributed by atoms with van der Waals surface area (Å²) in [6.45, 7) is 8.21. The minimum Gasteiger partial charge on any atom is -0.372 e. The first-order valence-corrected chi connectivity index (χ1v) is 8.07. The summed E-state index contributed by atoms with van der Waals surface area (Å²) in [7, 11) is 0. The Kier molecular flexibility index (Phi) is 4.98. The number of pyridine rings is 1. The molecule has 3 heterocycles. The van der Waals surface area contributed by atoms with Gasteiger partial charge in [-0.2, -0.15) is 0 Å². The highest BCUT2D eigenvalue weighted by molar-refractivity contribution is 5.54. The third-order valence-electron chi connectivity index (χ3n) is 3.94. The van der Waals surface area contributed by atoms with E-state index in [9.17, 15) is 0 Å². The molecule has 1 unspecified atom stereocenters. The Morgan fingerprint density at radius 2 is 2.30 bits per heavy atom. The summed E-state index contributed by atoms with van der Waals surface area (Å²) < 4.78 is 5.76. The van der Waals surface area contributed by atoms with Crippen LogP contribution in [0.2, 0.25) is 0 Å². The van der Waals surface area contributed by atoms with Crippen molar-refractivity contribution in [3.8, 4) is 11.5 Å². The van der Waals surface area contributed by atoms with Crippen LogP contribution in [-0.4, -0.2) is 40.8 Å². The van der Waals surface area contributed by atoms with Crippen molar-refractivity contribution >= 4 is 5.82 Å². The topological polar surface area (TPSA) is 51.1 Å². The van der Waals surface area contributed by atoms with Crippen molar-refractivity contribution in [1.82, 2.24) is 15.0 Å². The molecule has 0 N–H and O–H groups in total. The lowest BCUT2D eigenvalue weighted by molar-refractivity contribution is 0.0909. The number of ether oxygens (including phenoxy) is 1. The fourth-order valence-electron chi connectivity index (χ4n) is 2.71. The van der Waals surface area contributed by atoms with Gasteiger partial charge >= 0.3 is 0 Å². The van der Waals surface area contributed by atoms with E-state index in [-0.39, 0.29) is 6.10 Å². The molecule has 23 heavy (non-hydrogen) atoms. The summed E-state index contributed by atoms with van der Waals surface area (Å²) in [6.07, 6.45) is 5.69. The lowest BCUT2D eigenvalue weighted by atomic mass is 10.2. The van der Waals surface area contributed by atoms with Gasteiger partial charge in [-0.3, -0.25) is 4.98 Å². The van der Waals surface area contributed by atoms with E-state index in [4.69, 9.17) is 9.72 Å². The van der Waals surface area contributed by atoms with E-state index in [0.717, 1.165) is 43.1 Å². The number of hydrogen-bond acceptors (Lipinski definition) is 5. The third-order valence-corrected chi connectivity index (χ3v) is 3.94. The van der Waals surface area contributed by atoms with Gasteiger partial charge in [0.25, 0.3) is 0 Å². The van der Waals surface area contributed by atoms with Crippen molar-refractivity contribution in [3.05, 3.63) is 48.8 Å². The molecule has 0 spiro atoms. The van der Waals surface area contributed by atoms with E-state index in [0.29, 0.717) is 12.4 Å². The molecule has 120 valence electrons. The van der Waals surface area contributed by atoms with E-state index in [1.807, 2.05) is 18.2 Å². The maximum absolute atomic E-state index is 5.76. The monoisotopic (exact) mass is 310 g/mol. The van der Waals surface area contributed by atoms with E-state index in [1.165, 1.54) is 0 Å². The Morgan fingerprint density at radius 1 is 1.39 bits per heavy atom. The van der Waals surface area contributed by atoms with E-state index >= 15 is 0 Å². The van der Waals surface area contributed by atoms with Gasteiger partial charge in [-0.1, -0.05) is 19.1 Å². The van der Waals surface area contributed by atoms with Gasteiger partial charge in [0.15, 0.2) is 5.82 Å². The molecular weight excluding hydrogens is 288 g/mol. The highest BCUT2D eigenvalue weighted by atomic mass is 16.5. The Balaban J connectivity index is 1.84. The number of nitrogens with zero attached hydrogens (tertiary/aromatic N) is 4. The molecule has 2 aromatic heterocycles. The van der Waals surface area contributed by atoms with Crippen LogP contribution < -0.4 is 4.90 Å². The molecule has 5 nitrogen and oxygen atoms in total. The standard InChI is InChI=1S/C18H22N4O/c1-3-11-23-15-8-10-22(13-15)17-12-14(4-2)20-18(21-17)16-7-5-6-9-19-16/h3,5-7,9,12,15H,1,4,8,10-11,13H2,2H3. The first-order valence-electron chi connectivity index (χ1n) is 8.07. The zero-order chi connectivity index (χ0) is 16.1. The van der Waals surface area contributed by atoms with E-state index in [2.05, 4.69) is 34.4 Å². The quantitative estimate of drug-likeness (QED) is 0.768. The van der Waals surface area contributed by atoms with Gasteiger partial charge in [0, 0.05) is 31.0 Å². The van der Waals surface area contributed by atoms with Crippen LogP contribution in [-0.2, 0) is 11.2 Å². The third kappa shape index (κ3) is 3.74. The van der Waals surface area contributed by atoms with Crippen LogP contribution >= 0.6 is 0 Å². The van der Waals surface area contributed by atoms with Gasteiger partial charge in [0.2, 0.25) is 0 Å². The predicted octanol–water partition coefficient (Wildman–Crippen LogP) is 2.88. The van der Waals surface area contributed by atoms with Crippen LogP contribution in [0, 0.1) is 0 Å². The molecule has 5 heteroatoms. The van der Waals surface area contributed by atoms with Gasteiger partial charge in [0.05, 0.1) is 12.7 Å². The highest BCUT2D eigenvalue weighted by Gasteiger charge is 2.24. The van der Waals surface area contributed by atoms with Crippen LogP contribution in [0.5, 0.6) is 0 Å². The SMILES string of the molecule is C=CCOC1CCN(c2cc(CC)nc(-c3ccccn3)n2)C1. The lowest BCUT2D eigenvalue weighted by Gasteiger charge is -2.19. The molecule has 0 aromatic carbocycles. The molecule has 0 radical (unpaired) electrons. The Labute approximate surface area is 137 Å². The molecule has 0 bridgehead atoms. The number of rotatable bonds is 6. The molecule has 0 aliphatic carbocycles. The molecule has 3 rings (SSSR count). The summed E-state index contributed by atoms with van der Waals surface area (Å²) in [6, 6.07) is 7.87. The lowest BCUT2D eigenvalue weighted by Crippen LogP contribution is -2.24. The second-order valence-electron chi connectivity index (χ2n) is 5.59. The zero-order valence-electron chi connectivity index (χ0n) is 13.5. The number of aryl methyl sites for hydroxylation is 1. The van der Waals surface area contributed by atoms with E-state index in [1.54, 1.807) is 12.3 Å². The van der Waals surface area contributed by atoms with Crippen LogP contribution in [0.15, 0.2) is 43.1 Å². The van der Waals surface area contributed by atoms with Crippen LogP contribution in [0.4, 0.5) is 5.82 Å². The molecule has 1 aliphatic rings. The first-order chi connectivity index (χ1) is 11.3. The minimum atomic E-state index is 0.242. The Hall–Kier alpha value is -2.27. The Bertz CT molecular complexity index is 659. The summed E-state index contributed by atoms with van der Waals surface area (Å²) in [5.41, 5.74) is 1.84. The van der Waals surface area contributed by atoms with Crippen molar-refractivity contribution in [1.29, 1.82) is 0 Å². The predicted molar refractivity (Wildman–Crippen MR) is 91.4 cm³/mol. The summed E-state index contributed by atoms with van der Waals surface area (Å²) in [5, 5.41) is 0. The molecular formula is C18H22N4O. The average Bonchev–Trinajstić information content (AvgIpc) is 3.09.